The fourth-order valence-electron chi connectivity index (χ4n) is 2.10. The highest BCUT2D eigenvalue weighted by molar-refractivity contribution is 5.92. The molecule has 0 spiro atoms. The number of methoxy groups -OCH3 is 1. The van der Waals surface area contributed by atoms with Crippen LogP contribution in [-0.4, -0.2) is 55.4 Å². The summed E-state index contributed by atoms with van der Waals surface area (Å²) >= 11 is 0. The topological polar surface area (TPSA) is 59.0 Å². The third kappa shape index (κ3) is 3.59. The van der Waals surface area contributed by atoms with Crippen molar-refractivity contribution in [1.82, 2.24) is 4.90 Å². The molecule has 0 aromatic heterocycles. The second-order valence-electron chi connectivity index (χ2n) is 4.55. The lowest BCUT2D eigenvalue weighted by atomic mass is 10.2. The Kier molecular flexibility index (Phi) is 5.15. The van der Waals surface area contributed by atoms with Gasteiger partial charge in [0.2, 0.25) is 5.91 Å². The van der Waals surface area contributed by atoms with E-state index in [9.17, 15) is 9.90 Å². The molecule has 2 rings (SSSR count). The van der Waals surface area contributed by atoms with Gasteiger partial charge >= 0.3 is 0 Å². The van der Waals surface area contributed by atoms with Crippen LogP contribution in [0.2, 0.25) is 0 Å². The quantitative estimate of drug-likeness (QED) is 0.832. The Hall–Kier alpha value is -1.85. The maximum absolute atomic E-state index is 12.1. The molecule has 108 valence electrons. The molecule has 1 amide bonds. The van der Waals surface area contributed by atoms with Gasteiger partial charge in [0.15, 0.2) is 0 Å². The van der Waals surface area contributed by atoms with Crippen LogP contribution in [0.3, 0.4) is 0 Å². The highest BCUT2D eigenvalue weighted by Crippen LogP contribution is 2.14. The molecule has 1 saturated heterocycles. The first-order valence-corrected chi connectivity index (χ1v) is 6.56. The standard InChI is InChI=1S/C15H19NO4/c1-19-14-4-2-3-12(9-14)5-6-15(18)16-7-8-20-11-13(16)10-17/h2-6,9,13,17H,7-8,10-11H2,1H3/b6-5+. The Morgan fingerprint density at radius 2 is 2.45 bits per heavy atom. The number of aliphatic hydroxyl groups is 1. The summed E-state index contributed by atoms with van der Waals surface area (Å²) in [6.07, 6.45) is 3.26. The van der Waals surface area contributed by atoms with Gasteiger partial charge in [-0.3, -0.25) is 4.79 Å². The highest BCUT2D eigenvalue weighted by atomic mass is 16.5. The predicted molar refractivity (Wildman–Crippen MR) is 75.4 cm³/mol. The molecular weight excluding hydrogens is 258 g/mol. The van der Waals surface area contributed by atoms with Crippen LogP contribution in [0.25, 0.3) is 6.08 Å². The average molecular weight is 277 g/mol. The summed E-state index contributed by atoms with van der Waals surface area (Å²) < 4.78 is 10.4. The number of amides is 1. The van der Waals surface area contributed by atoms with E-state index in [1.165, 1.54) is 6.08 Å². The Morgan fingerprint density at radius 3 is 3.20 bits per heavy atom. The van der Waals surface area contributed by atoms with Gasteiger partial charge in [-0.15, -0.1) is 0 Å². The highest BCUT2D eigenvalue weighted by Gasteiger charge is 2.24. The molecule has 1 aliphatic rings. The summed E-state index contributed by atoms with van der Waals surface area (Å²) in [6, 6.07) is 7.21. The number of rotatable bonds is 4. The molecule has 20 heavy (non-hydrogen) atoms. The van der Waals surface area contributed by atoms with Crippen LogP contribution in [0.5, 0.6) is 5.75 Å². The fourth-order valence-corrected chi connectivity index (χ4v) is 2.10. The van der Waals surface area contributed by atoms with Crippen LogP contribution in [0.4, 0.5) is 0 Å². The van der Waals surface area contributed by atoms with Crippen LogP contribution < -0.4 is 4.74 Å². The lowest BCUT2D eigenvalue weighted by Crippen LogP contribution is -2.49. The van der Waals surface area contributed by atoms with Crippen LogP contribution in [0.15, 0.2) is 30.3 Å². The summed E-state index contributed by atoms with van der Waals surface area (Å²) in [5, 5.41) is 9.25. The molecule has 1 unspecified atom stereocenters. The molecule has 0 bridgehead atoms. The van der Waals surface area contributed by atoms with Crippen molar-refractivity contribution in [3.63, 3.8) is 0 Å². The summed E-state index contributed by atoms with van der Waals surface area (Å²) in [6.45, 7) is 1.32. The monoisotopic (exact) mass is 277 g/mol. The predicted octanol–water partition coefficient (Wildman–Crippen LogP) is 0.928. The van der Waals surface area contributed by atoms with E-state index < -0.39 is 0 Å². The van der Waals surface area contributed by atoms with E-state index in [1.807, 2.05) is 24.3 Å². The van der Waals surface area contributed by atoms with Crippen molar-refractivity contribution < 1.29 is 19.4 Å². The van der Waals surface area contributed by atoms with Gasteiger partial charge in [-0.05, 0) is 23.8 Å². The number of carbonyl (C=O) groups is 1. The number of hydrogen-bond acceptors (Lipinski definition) is 4. The van der Waals surface area contributed by atoms with Crippen LogP contribution in [-0.2, 0) is 9.53 Å². The molecule has 1 heterocycles. The number of benzene rings is 1. The largest absolute Gasteiger partial charge is 0.497 e. The minimum Gasteiger partial charge on any atom is -0.497 e. The number of ether oxygens (including phenoxy) is 2. The van der Waals surface area contributed by atoms with Crippen molar-refractivity contribution in [2.45, 2.75) is 6.04 Å². The van der Waals surface area contributed by atoms with E-state index in [0.29, 0.717) is 19.8 Å². The van der Waals surface area contributed by atoms with Gasteiger partial charge < -0.3 is 19.5 Å². The van der Waals surface area contributed by atoms with E-state index in [-0.39, 0.29) is 18.6 Å². The van der Waals surface area contributed by atoms with Crippen LogP contribution >= 0.6 is 0 Å². The minimum atomic E-state index is -0.258. The molecular formula is C15H19NO4. The third-order valence-electron chi connectivity index (χ3n) is 3.23. The first-order chi connectivity index (χ1) is 9.74. The molecule has 0 saturated carbocycles. The lowest BCUT2D eigenvalue weighted by molar-refractivity contribution is -0.136. The molecule has 1 fully saturated rings. The number of nitrogens with zero attached hydrogens (tertiary/aromatic N) is 1. The zero-order chi connectivity index (χ0) is 14.4. The van der Waals surface area contributed by atoms with Crippen molar-refractivity contribution in [3.05, 3.63) is 35.9 Å². The normalized spacial score (nSPS) is 19.3. The molecule has 5 nitrogen and oxygen atoms in total. The van der Waals surface area contributed by atoms with Gasteiger partial charge in [0.05, 0.1) is 33.0 Å². The van der Waals surface area contributed by atoms with Gasteiger partial charge in [-0.25, -0.2) is 0 Å². The number of morpholine rings is 1. The number of carbonyl (C=O) groups excluding carboxylic acids is 1. The van der Waals surface area contributed by atoms with E-state index in [2.05, 4.69) is 0 Å². The van der Waals surface area contributed by atoms with Crippen molar-refractivity contribution in [3.8, 4) is 5.75 Å². The first kappa shape index (κ1) is 14.6. The van der Waals surface area contributed by atoms with Crippen molar-refractivity contribution in [1.29, 1.82) is 0 Å². The van der Waals surface area contributed by atoms with Crippen molar-refractivity contribution in [2.75, 3.05) is 33.5 Å². The molecule has 1 aliphatic heterocycles. The molecule has 0 aliphatic carbocycles. The van der Waals surface area contributed by atoms with E-state index >= 15 is 0 Å². The minimum absolute atomic E-state index is 0.0846. The zero-order valence-corrected chi connectivity index (χ0v) is 11.5. The Bertz CT molecular complexity index is 487. The smallest absolute Gasteiger partial charge is 0.247 e. The second-order valence-corrected chi connectivity index (χ2v) is 4.55. The zero-order valence-electron chi connectivity index (χ0n) is 11.5. The van der Waals surface area contributed by atoms with Crippen molar-refractivity contribution >= 4 is 12.0 Å². The molecule has 1 atom stereocenters. The molecule has 1 N–H and O–H groups in total. The van der Waals surface area contributed by atoms with E-state index in [1.54, 1.807) is 18.1 Å². The van der Waals surface area contributed by atoms with E-state index in [4.69, 9.17) is 9.47 Å². The third-order valence-corrected chi connectivity index (χ3v) is 3.23. The van der Waals surface area contributed by atoms with Crippen molar-refractivity contribution in [2.24, 2.45) is 0 Å². The SMILES string of the molecule is COc1cccc(/C=C/C(=O)N2CCOCC2CO)c1. The van der Waals surface area contributed by atoms with Crippen LogP contribution in [0.1, 0.15) is 5.56 Å². The summed E-state index contributed by atoms with van der Waals surface area (Å²) in [4.78, 5) is 13.8. The Balaban J connectivity index is 2.03. The maximum atomic E-state index is 12.1. The second kappa shape index (κ2) is 7.07. The van der Waals surface area contributed by atoms with Gasteiger partial charge in [-0.1, -0.05) is 12.1 Å². The fraction of sp³-hybridized carbons (Fsp3) is 0.400. The molecule has 0 radical (unpaired) electrons. The first-order valence-electron chi connectivity index (χ1n) is 6.56. The van der Waals surface area contributed by atoms with Gasteiger partial charge in [0.1, 0.15) is 5.75 Å². The van der Waals surface area contributed by atoms with Gasteiger partial charge in [0, 0.05) is 12.6 Å². The maximum Gasteiger partial charge on any atom is 0.247 e. The summed E-state index contributed by atoms with van der Waals surface area (Å²) in [7, 11) is 1.60. The molecule has 1 aromatic rings. The average Bonchev–Trinajstić information content (AvgIpc) is 2.52. The number of aliphatic hydroxyl groups excluding tert-OH is 1. The van der Waals surface area contributed by atoms with E-state index in [0.717, 1.165) is 11.3 Å². The summed E-state index contributed by atoms with van der Waals surface area (Å²) in [5.41, 5.74) is 0.895. The summed E-state index contributed by atoms with van der Waals surface area (Å²) in [5.74, 6) is 0.634. The van der Waals surface area contributed by atoms with Crippen LogP contribution in [0, 0.1) is 0 Å². The van der Waals surface area contributed by atoms with Gasteiger partial charge in [-0.2, -0.15) is 0 Å². The Labute approximate surface area is 118 Å². The molecule has 1 aromatic carbocycles. The lowest BCUT2D eigenvalue weighted by Gasteiger charge is -2.33. The van der Waals surface area contributed by atoms with Gasteiger partial charge in [0.25, 0.3) is 0 Å². The molecule has 5 heteroatoms. The Morgan fingerprint density at radius 1 is 1.60 bits per heavy atom. The number of hydrogen-bond donors (Lipinski definition) is 1.